The first-order chi connectivity index (χ1) is 9.56. The molecule has 4 heteroatoms. The summed E-state index contributed by atoms with van der Waals surface area (Å²) in [5, 5.41) is 0. The second kappa shape index (κ2) is 5.57. The molecule has 20 heavy (non-hydrogen) atoms. The quantitative estimate of drug-likeness (QED) is 0.791. The van der Waals surface area contributed by atoms with Crippen LogP contribution in [0.4, 0.5) is 0 Å². The van der Waals surface area contributed by atoms with Gasteiger partial charge in [-0.15, -0.1) is 0 Å². The molecular weight excluding hydrogens is 256 g/mol. The summed E-state index contributed by atoms with van der Waals surface area (Å²) in [6.07, 6.45) is 1.30. The number of hydrogen-bond acceptors (Lipinski definition) is 4. The number of hydrogen-bond donors (Lipinski definition) is 0. The summed E-state index contributed by atoms with van der Waals surface area (Å²) >= 11 is 0. The van der Waals surface area contributed by atoms with Crippen LogP contribution in [0.5, 0.6) is 0 Å². The molecule has 0 aromatic heterocycles. The monoisotopic (exact) mass is 276 g/mol. The van der Waals surface area contributed by atoms with Crippen molar-refractivity contribution in [3.8, 4) is 0 Å². The fourth-order valence-corrected chi connectivity index (χ4v) is 2.26. The van der Waals surface area contributed by atoms with Gasteiger partial charge < -0.3 is 14.2 Å². The van der Waals surface area contributed by atoms with Crippen LogP contribution in [-0.4, -0.2) is 18.9 Å². The van der Waals surface area contributed by atoms with Crippen molar-refractivity contribution in [3.05, 3.63) is 41.2 Å². The topological polar surface area (TPSA) is 44.8 Å². The lowest BCUT2D eigenvalue weighted by Gasteiger charge is -2.26. The molecule has 0 N–H and O–H groups in total. The van der Waals surface area contributed by atoms with E-state index in [1.54, 1.807) is 0 Å². The molecule has 1 aromatic rings. The van der Waals surface area contributed by atoms with Crippen molar-refractivity contribution in [1.29, 1.82) is 0 Å². The largest absolute Gasteiger partial charge is 0.463 e. The Morgan fingerprint density at radius 3 is 2.40 bits per heavy atom. The average Bonchev–Trinajstić information content (AvgIpc) is 2.87. The summed E-state index contributed by atoms with van der Waals surface area (Å²) in [5.74, 6) is -0.655. The molecule has 0 fully saturated rings. The van der Waals surface area contributed by atoms with Gasteiger partial charge in [0.15, 0.2) is 5.76 Å². The molecule has 4 nitrogen and oxygen atoms in total. The van der Waals surface area contributed by atoms with Crippen molar-refractivity contribution in [1.82, 2.24) is 0 Å². The zero-order chi connectivity index (χ0) is 14.8. The Kier molecular flexibility index (Phi) is 4.02. The second-order valence-corrected chi connectivity index (χ2v) is 4.79. The lowest BCUT2D eigenvalue weighted by Crippen LogP contribution is -2.29. The van der Waals surface area contributed by atoms with Crippen LogP contribution in [0.15, 0.2) is 30.0 Å². The van der Waals surface area contributed by atoms with Crippen molar-refractivity contribution < 1.29 is 19.0 Å². The van der Waals surface area contributed by atoms with Gasteiger partial charge in [-0.2, -0.15) is 0 Å². The molecule has 0 amide bonds. The molecule has 1 aromatic carbocycles. The summed E-state index contributed by atoms with van der Waals surface area (Å²) < 4.78 is 16.6. The van der Waals surface area contributed by atoms with Crippen molar-refractivity contribution in [2.45, 2.75) is 39.4 Å². The van der Waals surface area contributed by atoms with Gasteiger partial charge in [-0.05, 0) is 12.5 Å². The Hall–Kier alpha value is -1.97. The van der Waals surface area contributed by atoms with Gasteiger partial charge in [-0.1, -0.05) is 38.1 Å². The molecule has 0 saturated heterocycles. The van der Waals surface area contributed by atoms with E-state index in [-0.39, 0.29) is 5.76 Å². The molecule has 0 atom stereocenters. The Morgan fingerprint density at radius 2 is 1.85 bits per heavy atom. The van der Waals surface area contributed by atoms with E-state index >= 15 is 0 Å². The first kappa shape index (κ1) is 14.4. The maximum Gasteiger partial charge on any atom is 0.377 e. The van der Waals surface area contributed by atoms with E-state index < -0.39 is 11.8 Å². The van der Waals surface area contributed by atoms with Gasteiger partial charge in [0, 0.05) is 18.4 Å². The molecule has 108 valence electrons. The maximum absolute atomic E-state index is 11.9. The SMILES string of the molecule is CCC1(CC)OC(C(=O)OC)=C(c2ccccc2C)O1. The first-order valence-electron chi connectivity index (χ1n) is 6.83. The molecular formula is C16H20O4. The smallest absolute Gasteiger partial charge is 0.377 e. The predicted molar refractivity (Wildman–Crippen MR) is 75.6 cm³/mol. The molecule has 0 spiro atoms. The Labute approximate surface area is 119 Å². The molecule has 0 unspecified atom stereocenters. The number of carbonyl (C=O) groups excluding carboxylic acids is 1. The summed E-state index contributed by atoms with van der Waals surface area (Å²) in [5.41, 5.74) is 1.88. The zero-order valence-electron chi connectivity index (χ0n) is 12.4. The van der Waals surface area contributed by atoms with Gasteiger partial charge >= 0.3 is 5.97 Å². The van der Waals surface area contributed by atoms with Crippen LogP contribution in [0.1, 0.15) is 37.8 Å². The highest BCUT2D eigenvalue weighted by atomic mass is 16.7. The molecule has 1 aliphatic heterocycles. The minimum absolute atomic E-state index is 0.158. The first-order valence-corrected chi connectivity index (χ1v) is 6.83. The number of esters is 1. The summed E-state index contributed by atoms with van der Waals surface area (Å²) in [4.78, 5) is 11.9. The molecule has 0 radical (unpaired) electrons. The van der Waals surface area contributed by atoms with Gasteiger partial charge in [0.1, 0.15) is 0 Å². The Morgan fingerprint density at radius 1 is 1.20 bits per heavy atom. The van der Waals surface area contributed by atoms with E-state index in [2.05, 4.69) is 0 Å². The Bertz CT molecular complexity index is 541. The van der Waals surface area contributed by atoms with Gasteiger partial charge in [-0.3, -0.25) is 0 Å². The summed E-state index contributed by atoms with van der Waals surface area (Å²) in [6.45, 7) is 5.91. The van der Waals surface area contributed by atoms with Crippen LogP contribution >= 0.6 is 0 Å². The number of methoxy groups -OCH3 is 1. The van der Waals surface area contributed by atoms with Crippen molar-refractivity contribution >= 4 is 11.7 Å². The van der Waals surface area contributed by atoms with E-state index in [1.165, 1.54) is 7.11 Å². The standard InChI is InChI=1S/C16H20O4/c1-5-16(6-2)19-13(14(20-16)15(17)18-4)12-10-8-7-9-11(12)3/h7-10H,5-6H2,1-4H3. The van der Waals surface area contributed by atoms with Crippen molar-refractivity contribution in [2.24, 2.45) is 0 Å². The maximum atomic E-state index is 11.9. The van der Waals surface area contributed by atoms with Gasteiger partial charge in [0.05, 0.1) is 7.11 Å². The van der Waals surface area contributed by atoms with Crippen LogP contribution in [0, 0.1) is 6.92 Å². The highest BCUT2D eigenvalue weighted by molar-refractivity contribution is 5.95. The van der Waals surface area contributed by atoms with E-state index in [0.717, 1.165) is 11.1 Å². The van der Waals surface area contributed by atoms with Crippen LogP contribution in [0.25, 0.3) is 5.76 Å². The number of aryl methyl sites for hydroxylation is 1. The van der Waals surface area contributed by atoms with Gasteiger partial charge in [-0.25, -0.2) is 4.79 Å². The fraction of sp³-hybridized carbons (Fsp3) is 0.438. The highest BCUT2D eigenvalue weighted by Gasteiger charge is 2.43. The Balaban J connectivity index is 2.50. The lowest BCUT2D eigenvalue weighted by molar-refractivity contribution is -0.163. The molecule has 0 aliphatic carbocycles. The normalized spacial score (nSPS) is 16.6. The molecule has 0 bridgehead atoms. The number of rotatable bonds is 4. The molecule has 2 rings (SSSR count). The van der Waals surface area contributed by atoms with E-state index in [4.69, 9.17) is 14.2 Å². The average molecular weight is 276 g/mol. The van der Waals surface area contributed by atoms with E-state index in [0.29, 0.717) is 18.6 Å². The predicted octanol–water partition coefficient (Wildman–Crippen LogP) is 3.40. The van der Waals surface area contributed by atoms with E-state index in [1.807, 2.05) is 45.0 Å². The van der Waals surface area contributed by atoms with E-state index in [9.17, 15) is 4.79 Å². The van der Waals surface area contributed by atoms with Crippen LogP contribution in [0.3, 0.4) is 0 Å². The third-order valence-electron chi connectivity index (χ3n) is 3.62. The summed E-state index contributed by atoms with van der Waals surface area (Å²) in [6, 6.07) is 7.74. The summed E-state index contributed by atoms with van der Waals surface area (Å²) in [7, 11) is 1.34. The van der Waals surface area contributed by atoms with Crippen molar-refractivity contribution in [3.63, 3.8) is 0 Å². The third kappa shape index (κ3) is 2.38. The minimum atomic E-state index is -0.777. The second-order valence-electron chi connectivity index (χ2n) is 4.79. The molecule has 1 heterocycles. The minimum Gasteiger partial charge on any atom is -0.463 e. The van der Waals surface area contributed by atoms with Gasteiger partial charge in [0.25, 0.3) is 11.5 Å². The third-order valence-corrected chi connectivity index (χ3v) is 3.62. The number of carbonyl (C=O) groups is 1. The lowest BCUT2D eigenvalue weighted by atomic mass is 10.1. The molecule has 1 aliphatic rings. The molecule has 0 saturated carbocycles. The highest BCUT2D eigenvalue weighted by Crippen LogP contribution is 2.41. The van der Waals surface area contributed by atoms with Crippen LogP contribution in [0.2, 0.25) is 0 Å². The van der Waals surface area contributed by atoms with Gasteiger partial charge in [0.2, 0.25) is 0 Å². The zero-order valence-corrected chi connectivity index (χ0v) is 12.4. The fourth-order valence-electron chi connectivity index (χ4n) is 2.26. The van der Waals surface area contributed by atoms with Crippen LogP contribution < -0.4 is 0 Å². The van der Waals surface area contributed by atoms with Crippen molar-refractivity contribution in [2.75, 3.05) is 7.11 Å². The van der Waals surface area contributed by atoms with Crippen LogP contribution in [-0.2, 0) is 19.0 Å². The number of benzene rings is 1. The number of ether oxygens (including phenoxy) is 3.